The van der Waals surface area contributed by atoms with E-state index in [9.17, 15) is 43.2 Å². The van der Waals surface area contributed by atoms with Crippen molar-refractivity contribution >= 4 is 39.5 Å². The van der Waals surface area contributed by atoms with Gasteiger partial charge in [-0.3, -0.25) is 37.3 Å². The molecule has 0 saturated carbocycles. The number of esters is 4. The first-order valence-corrected chi connectivity index (χ1v) is 36.4. The van der Waals surface area contributed by atoms with E-state index in [0.29, 0.717) is 31.6 Å². The summed E-state index contributed by atoms with van der Waals surface area (Å²) in [6.45, 7) is 7.05. The Bertz CT molecular complexity index is 1730. The highest BCUT2D eigenvalue weighted by molar-refractivity contribution is 7.47. The molecule has 494 valence electrons. The number of allylic oxidation sites excluding steroid dienone is 4. The van der Waals surface area contributed by atoms with Crippen molar-refractivity contribution in [1.82, 2.24) is 0 Å². The summed E-state index contributed by atoms with van der Waals surface area (Å²) in [7, 11) is -9.90. The second kappa shape index (κ2) is 58.2. The third-order valence-corrected chi connectivity index (χ3v) is 16.3. The molecule has 5 atom stereocenters. The molecular weight excluding hydrogens is 1110 g/mol. The Labute approximate surface area is 510 Å². The van der Waals surface area contributed by atoms with E-state index < -0.39 is 97.5 Å². The topological polar surface area (TPSA) is 237 Å². The predicted octanol–water partition coefficient (Wildman–Crippen LogP) is 17.7. The molecule has 0 heterocycles. The molecule has 0 saturated heterocycles. The number of carbonyl (C=O) groups excluding carboxylic acids is 4. The monoisotopic (exact) mass is 1240 g/mol. The second-order valence-corrected chi connectivity index (χ2v) is 26.2. The smallest absolute Gasteiger partial charge is 0.462 e. The average Bonchev–Trinajstić information content (AvgIpc) is 3.60. The highest BCUT2D eigenvalue weighted by Crippen LogP contribution is 2.45. The quantitative estimate of drug-likeness (QED) is 0.0169. The predicted molar refractivity (Wildman–Crippen MR) is 335 cm³/mol. The molecule has 0 aromatic carbocycles. The van der Waals surface area contributed by atoms with Gasteiger partial charge in [0, 0.05) is 25.7 Å². The first-order chi connectivity index (χ1) is 40.5. The molecule has 0 spiro atoms. The molecule has 0 amide bonds. The van der Waals surface area contributed by atoms with Gasteiger partial charge in [0.1, 0.15) is 19.3 Å². The maximum Gasteiger partial charge on any atom is 0.472 e. The molecule has 0 fully saturated rings. The molecule has 0 aromatic rings. The molecule has 84 heavy (non-hydrogen) atoms. The second-order valence-electron chi connectivity index (χ2n) is 23.3. The van der Waals surface area contributed by atoms with Gasteiger partial charge in [-0.05, 0) is 57.3 Å². The number of aliphatic hydroxyl groups excluding tert-OH is 1. The van der Waals surface area contributed by atoms with Crippen LogP contribution in [0.3, 0.4) is 0 Å². The standard InChI is InChI=1S/C65H122O17P2/c1-6-9-12-15-18-21-23-24-25-26-27-30-35-41-46-51-65(70)82-61(55-76-63(68)49-44-39-36-31-32-37-42-47-58(4)5)57-80-84(73,74)78-53-59(66)52-77-83(71,72)79-56-60(54-75-62(67)48-43-38-33-28-20-17-14-11-8-3)81-64(69)50-45-40-34-29-22-19-16-13-10-7-2/h21,23-25,58-61,66H,6-20,22,26-57H2,1-5H3,(H,71,72)(H,73,74)/b23-21-,25-24-/t59-,60+,61+/m0/s1. The van der Waals surface area contributed by atoms with Gasteiger partial charge in [0.05, 0.1) is 26.4 Å². The van der Waals surface area contributed by atoms with Crippen molar-refractivity contribution in [3.63, 3.8) is 0 Å². The number of carbonyl (C=O) groups is 4. The lowest BCUT2D eigenvalue weighted by molar-refractivity contribution is -0.161. The number of rotatable bonds is 63. The van der Waals surface area contributed by atoms with E-state index >= 15 is 0 Å². The lowest BCUT2D eigenvalue weighted by Gasteiger charge is -2.21. The van der Waals surface area contributed by atoms with E-state index in [1.54, 1.807) is 0 Å². The fourth-order valence-corrected chi connectivity index (χ4v) is 10.8. The number of phosphoric acid groups is 2. The summed E-state index contributed by atoms with van der Waals surface area (Å²) in [6.07, 6.45) is 45.3. The Hall–Kier alpha value is -2.46. The number of hydrogen-bond donors (Lipinski definition) is 3. The first kappa shape index (κ1) is 81.5. The summed E-state index contributed by atoms with van der Waals surface area (Å²) < 4.78 is 67.9. The van der Waals surface area contributed by atoms with E-state index in [2.05, 4.69) is 58.9 Å². The lowest BCUT2D eigenvalue weighted by atomic mass is 10.0. The summed E-state index contributed by atoms with van der Waals surface area (Å²) in [5.41, 5.74) is 0. The van der Waals surface area contributed by atoms with E-state index in [1.807, 2.05) is 0 Å². The molecule has 0 bridgehead atoms. The molecule has 0 aliphatic carbocycles. The van der Waals surface area contributed by atoms with Gasteiger partial charge in [0.15, 0.2) is 12.2 Å². The van der Waals surface area contributed by atoms with Crippen molar-refractivity contribution in [3.05, 3.63) is 24.3 Å². The van der Waals surface area contributed by atoms with Crippen molar-refractivity contribution < 1.29 is 80.2 Å². The molecule has 0 aliphatic heterocycles. The highest BCUT2D eigenvalue weighted by atomic mass is 31.2. The summed E-state index contributed by atoms with van der Waals surface area (Å²) >= 11 is 0. The number of aliphatic hydroxyl groups is 1. The normalized spacial score (nSPS) is 14.4. The van der Waals surface area contributed by atoms with Crippen LogP contribution in [-0.2, 0) is 65.4 Å². The zero-order valence-electron chi connectivity index (χ0n) is 53.5. The van der Waals surface area contributed by atoms with Crippen molar-refractivity contribution in [3.8, 4) is 0 Å². The molecule has 19 heteroatoms. The number of ether oxygens (including phenoxy) is 4. The van der Waals surface area contributed by atoms with Crippen LogP contribution < -0.4 is 0 Å². The Kier molecular flexibility index (Phi) is 56.5. The molecule has 0 rings (SSSR count). The third-order valence-electron chi connectivity index (χ3n) is 14.4. The average molecular weight is 1240 g/mol. The van der Waals surface area contributed by atoms with Gasteiger partial charge in [0.2, 0.25) is 0 Å². The Morgan fingerprint density at radius 2 is 0.643 bits per heavy atom. The number of hydrogen-bond acceptors (Lipinski definition) is 15. The summed E-state index contributed by atoms with van der Waals surface area (Å²) in [5, 5.41) is 10.5. The highest BCUT2D eigenvalue weighted by Gasteiger charge is 2.30. The summed E-state index contributed by atoms with van der Waals surface area (Å²) in [4.78, 5) is 72.2. The fraction of sp³-hybridized carbons (Fsp3) is 0.877. The van der Waals surface area contributed by atoms with E-state index in [0.717, 1.165) is 109 Å². The van der Waals surface area contributed by atoms with Crippen LogP contribution in [0.2, 0.25) is 0 Å². The first-order valence-electron chi connectivity index (χ1n) is 33.5. The maximum absolute atomic E-state index is 13.0. The van der Waals surface area contributed by atoms with Crippen LogP contribution in [0.4, 0.5) is 0 Å². The van der Waals surface area contributed by atoms with Crippen molar-refractivity contribution in [2.75, 3.05) is 39.6 Å². The molecule has 3 N–H and O–H groups in total. The van der Waals surface area contributed by atoms with E-state index in [-0.39, 0.29) is 25.7 Å². The van der Waals surface area contributed by atoms with Crippen LogP contribution in [0.15, 0.2) is 24.3 Å². The largest absolute Gasteiger partial charge is 0.472 e. The van der Waals surface area contributed by atoms with Gasteiger partial charge >= 0.3 is 39.5 Å². The van der Waals surface area contributed by atoms with Gasteiger partial charge in [-0.25, -0.2) is 9.13 Å². The molecule has 0 radical (unpaired) electrons. The molecule has 0 aliphatic rings. The SMILES string of the molecule is CCCCCC/C=C\C=C/CCCCCCCC(=O)O[C@H](COC(=O)CCCCCCCCCC(C)C)COP(=O)(O)OC[C@@H](O)COP(=O)(O)OC[C@@H](COC(=O)CCCCCCCCCCC)OC(=O)CCCCCCCCCCCC. The zero-order valence-corrected chi connectivity index (χ0v) is 55.3. The Morgan fingerprint density at radius 3 is 0.976 bits per heavy atom. The van der Waals surface area contributed by atoms with E-state index in [1.165, 1.54) is 109 Å². The van der Waals surface area contributed by atoms with Crippen molar-refractivity contribution in [2.45, 2.75) is 323 Å². The van der Waals surface area contributed by atoms with Crippen molar-refractivity contribution in [1.29, 1.82) is 0 Å². The number of phosphoric ester groups is 2. The lowest BCUT2D eigenvalue weighted by Crippen LogP contribution is -2.30. The maximum atomic E-state index is 13.0. The van der Waals surface area contributed by atoms with Gasteiger partial charge < -0.3 is 33.8 Å². The van der Waals surface area contributed by atoms with Crippen LogP contribution in [0.25, 0.3) is 0 Å². The van der Waals surface area contributed by atoms with Crippen LogP contribution in [-0.4, -0.2) is 96.7 Å². The Balaban J connectivity index is 5.26. The summed E-state index contributed by atoms with van der Waals surface area (Å²) in [5.74, 6) is -1.46. The van der Waals surface area contributed by atoms with Crippen molar-refractivity contribution in [2.24, 2.45) is 5.92 Å². The van der Waals surface area contributed by atoms with Gasteiger partial charge in [-0.15, -0.1) is 0 Å². The van der Waals surface area contributed by atoms with Crippen LogP contribution in [0, 0.1) is 5.92 Å². The fourth-order valence-electron chi connectivity index (χ4n) is 9.22. The van der Waals surface area contributed by atoms with Crippen LogP contribution in [0.5, 0.6) is 0 Å². The molecular formula is C65H122O17P2. The van der Waals surface area contributed by atoms with Crippen LogP contribution in [0.1, 0.15) is 304 Å². The Morgan fingerprint density at radius 1 is 0.369 bits per heavy atom. The molecule has 17 nitrogen and oxygen atoms in total. The minimum absolute atomic E-state index is 0.0842. The zero-order chi connectivity index (χ0) is 62.0. The summed E-state index contributed by atoms with van der Waals surface area (Å²) in [6, 6.07) is 0. The number of unbranched alkanes of at least 4 members (excludes halogenated alkanes) is 32. The third kappa shape index (κ3) is 58.6. The molecule has 0 aromatic heterocycles. The molecule has 2 unspecified atom stereocenters. The van der Waals surface area contributed by atoms with E-state index in [4.69, 9.17) is 37.0 Å². The van der Waals surface area contributed by atoms with Gasteiger partial charge in [-0.1, -0.05) is 252 Å². The van der Waals surface area contributed by atoms with Crippen LogP contribution >= 0.6 is 15.6 Å². The van der Waals surface area contributed by atoms with Gasteiger partial charge in [-0.2, -0.15) is 0 Å². The van der Waals surface area contributed by atoms with Gasteiger partial charge in [0.25, 0.3) is 0 Å². The minimum atomic E-state index is -4.95. The minimum Gasteiger partial charge on any atom is -0.462 e.